The fourth-order valence-corrected chi connectivity index (χ4v) is 0.999. The van der Waals surface area contributed by atoms with Crippen LogP contribution in [0.2, 0.25) is 0 Å². The highest BCUT2D eigenvalue weighted by molar-refractivity contribution is 4.85. The van der Waals surface area contributed by atoms with E-state index in [0.717, 1.165) is 12.3 Å². The lowest BCUT2D eigenvalue weighted by atomic mass is 9.99. The van der Waals surface area contributed by atoms with E-state index >= 15 is 0 Å². The van der Waals surface area contributed by atoms with Gasteiger partial charge >= 0.3 is 0 Å². The molecule has 0 aromatic rings. The van der Waals surface area contributed by atoms with Gasteiger partial charge < -0.3 is 5.11 Å². The molecule has 0 saturated heterocycles. The zero-order valence-electron chi connectivity index (χ0n) is 7.93. The number of rotatable bonds is 5. The van der Waals surface area contributed by atoms with Gasteiger partial charge in [-0.2, -0.15) is 0 Å². The maximum Gasteiger partial charge on any atom is 0.0879 e. The quantitative estimate of drug-likeness (QED) is 0.604. The van der Waals surface area contributed by atoms with Crippen molar-refractivity contribution in [1.29, 1.82) is 0 Å². The van der Waals surface area contributed by atoms with Crippen LogP contribution in [-0.4, -0.2) is 5.11 Å². The average molecular weight is 156 g/mol. The van der Waals surface area contributed by atoms with Gasteiger partial charge in [-0.25, -0.2) is 0 Å². The normalized spacial score (nSPS) is 13.5. The van der Waals surface area contributed by atoms with Gasteiger partial charge in [-0.3, -0.25) is 0 Å². The molecule has 1 atom stereocenters. The molecular weight excluding hydrogens is 136 g/mol. The minimum atomic E-state index is 0.272. The first-order valence-corrected chi connectivity index (χ1v) is 4.41. The van der Waals surface area contributed by atoms with Gasteiger partial charge in [-0.15, -0.1) is 0 Å². The fraction of sp³-hybridized carbons (Fsp3) is 0.800. The van der Waals surface area contributed by atoms with Crippen molar-refractivity contribution in [2.75, 3.05) is 0 Å². The van der Waals surface area contributed by atoms with E-state index in [-0.39, 0.29) is 5.92 Å². The maximum absolute atomic E-state index is 8.99. The van der Waals surface area contributed by atoms with Gasteiger partial charge in [-0.1, -0.05) is 40.2 Å². The molecule has 0 spiro atoms. The molecule has 1 heteroatoms. The third-order valence-corrected chi connectivity index (χ3v) is 1.99. The third kappa shape index (κ3) is 5.96. The van der Waals surface area contributed by atoms with E-state index in [0.29, 0.717) is 5.76 Å². The highest BCUT2D eigenvalue weighted by Crippen LogP contribution is 2.15. The molecule has 0 aliphatic carbocycles. The van der Waals surface area contributed by atoms with Crippen LogP contribution in [0, 0.1) is 11.8 Å². The van der Waals surface area contributed by atoms with Crippen LogP contribution in [0.4, 0.5) is 0 Å². The number of aliphatic hydroxyl groups excluding tert-OH is 1. The fourth-order valence-electron chi connectivity index (χ4n) is 0.999. The topological polar surface area (TPSA) is 20.2 Å². The molecule has 0 aromatic carbocycles. The minimum Gasteiger partial charge on any atom is -0.513 e. The zero-order chi connectivity index (χ0) is 8.85. The van der Waals surface area contributed by atoms with Crippen LogP contribution in [0.25, 0.3) is 0 Å². The molecule has 0 fully saturated rings. The first kappa shape index (κ1) is 10.5. The van der Waals surface area contributed by atoms with Gasteiger partial charge in [0, 0.05) is 5.92 Å². The van der Waals surface area contributed by atoms with Crippen molar-refractivity contribution in [1.82, 2.24) is 0 Å². The summed E-state index contributed by atoms with van der Waals surface area (Å²) in [6.07, 6.45) is 3.50. The summed E-state index contributed by atoms with van der Waals surface area (Å²) in [4.78, 5) is 0. The molecule has 0 aromatic heterocycles. The summed E-state index contributed by atoms with van der Waals surface area (Å²) in [5.74, 6) is 1.37. The number of hydrogen-bond acceptors (Lipinski definition) is 1. The molecule has 0 heterocycles. The molecular formula is C10H20O. The van der Waals surface area contributed by atoms with E-state index < -0.39 is 0 Å². The molecule has 0 saturated carbocycles. The van der Waals surface area contributed by atoms with Gasteiger partial charge in [0.15, 0.2) is 0 Å². The summed E-state index contributed by atoms with van der Waals surface area (Å²) < 4.78 is 0. The second kappa shape index (κ2) is 5.22. The van der Waals surface area contributed by atoms with E-state index in [2.05, 4.69) is 20.4 Å². The van der Waals surface area contributed by atoms with E-state index in [1.807, 2.05) is 6.92 Å². The molecule has 1 nitrogen and oxygen atoms in total. The van der Waals surface area contributed by atoms with Crippen LogP contribution in [0.1, 0.15) is 40.0 Å². The Balaban J connectivity index is 3.31. The monoisotopic (exact) mass is 156 g/mol. The average Bonchev–Trinajstić information content (AvgIpc) is 1.86. The molecule has 0 aliphatic rings. The Labute approximate surface area is 70.1 Å². The van der Waals surface area contributed by atoms with E-state index in [9.17, 15) is 0 Å². The minimum absolute atomic E-state index is 0.272. The van der Waals surface area contributed by atoms with Crippen molar-refractivity contribution in [3.05, 3.63) is 12.3 Å². The lowest BCUT2D eigenvalue weighted by Crippen LogP contribution is -1.98. The summed E-state index contributed by atoms with van der Waals surface area (Å²) in [5, 5.41) is 8.99. The molecule has 66 valence electrons. The summed E-state index contributed by atoms with van der Waals surface area (Å²) in [5.41, 5.74) is 0. The Hall–Kier alpha value is -0.460. The van der Waals surface area contributed by atoms with Gasteiger partial charge in [0.1, 0.15) is 0 Å². The van der Waals surface area contributed by atoms with Crippen molar-refractivity contribution < 1.29 is 5.11 Å². The second-order valence-corrected chi connectivity index (χ2v) is 3.72. The Kier molecular flexibility index (Phi) is 5.01. The molecule has 0 unspecified atom stereocenters. The molecule has 1 N–H and O–H groups in total. The molecule has 0 bridgehead atoms. The standard InChI is InChI=1S/C10H20O/c1-8(2)6-5-7-9(3)10(4)11/h8-9,11H,4-7H2,1-3H3/t9-/m1/s1. The third-order valence-electron chi connectivity index (χ3n) is 1.99. The number of aliphatic hydroxyl groups is 1. The van der Waals surface area contributed by atoms with Crippen molar-refractivity contribution in [3.63, 3.8) is 0 Å². The number of allylic oxidation sites excluding steroid dienone is 1. The van der Waals surface area contributed by atoms with E-state index in [1.54, 1.807) is 0 Å². The molecule has 0 amide bonds. The largest absolute Gasteiger partial charge is 0.513 e. The highest BCUT2D eigenvalue weighted by Gasteiger charge is 2.04. The lowest BCUT2D eigenvalue weighted by Gasteiger charge is -2.09. The molecule has 0 aliphatic heterocycles. The first-order chi connectivity index (χ1) is 5.04. The van der Waals surface area contributed by atoms with Crippen LogP contribution in [-0.2, 0) is 0 Å². The van der Waals surface area contributed by atoms with E-state index in [4.69, 9.17) is 5.11 Å². The van der Waals surface area contributed by atoms with Crippen LogP contribution in [0.3, 0.4) is 0 Å². The van der Waals surface area contributed by atoms with Crippen molar-refractivity contribution in [2.45, 2.75) is 40.0 Å². The van der Waals surface area contributed by atoms with Crippen molar-refractivity contribution in [3.8, 4) is 0 Å². The Morgan fingerprint density at radius 1 is 1.27 bits per heavy atom. The number of hydrogen-bond donors (Lipinski definition) is 1. The molecule has 0 radical (unpaired) electrons. The zero-order valence-corrected chi connectivity index (χ0v) is 7.93. The predicted octanol–water partition coefficient (Wildman–Crippen LogP) is 3.52. The SMILES string of the molecule is C=C(O)[C@H](C)CCCC(C)C. The summed E-state index contributed by atoms with van der Waals surface area (Å²) >= 11 is 0. The van der Waals surface area contributed by atoms with Crippen LogP contribution >= 0.6 is 0 Å². The van der Waals surface area contributed by atoms with Gasteiger partial charge in [-0.05, 0) is 12.3 Å². The van der Waals surface area contributed by atoms with Crippen molar-refractivity contribution in [2.24, 2.45) is 11.8 Å². The highest BCUT2D eigenvalue weighted by atomic mass is 16.3. The van der Waals surface area contributed by atoms with E-state index in [1.165, 1.54) is 12.8 Å². The Morgan fingerprint density at radius 2 is 1.82 bits per heavy atom. The summed E-state index contributed by atoms with van der Waals surface area (Å²) in [6, 6.07) is 0. The predicted molar refractivity (Wildman–Crippen MR) is 49.6 cm³/mol. The Morgan fingerprint density at radius 3 is 2.18 bits per heavy atom. The van der Waals surface area contributed by atoms with Gasteiger partial charge in [0.25, 0.3) is 0 Å². The first-order valence-electron chi connectivity index (χ1n) is 4.41. The van der Waals surface area contributed by atoms with Gasteiger partial charge in [0.05, 0.1) is 5.76 Å². The molecule has 11 heavy (non-hydrogen) atoms. The van der Waals surface area contributed by atoms with Crippen LogP contribution < -0.4 is 0 Å². The van der Waals surface area contributed by atoms with Crippen LogP contribution in [0.15, 0.2) is 12.3 Å². The second-order valence-electron chi connectivity index (χ2n) is 3.72. The molecule has 0 rings (SSSR count). The summed E-state index contributed by atoms with van der Waals surface area (Å²) in [7, 11) is 0. The summed E-state index contributed by atoms with van der Waals surface area (Å²) in [6.45, 7) is 9.97. The lowest BCUT2D eigenvalue weighted by molar-refractivity contribution is 0.325. The maximum atomic E-state index is 8.99. The van der Waals surface area contributed by atoms with Crippen molar-refractivity contribution >= 4 is 0 Å². The van der Waals surface area contributed by atoms with Crippen LogP contribution in [0.5, 0.6) is 0 Å². The Bertz CT molecular complexity index is 116. The van der Waals surface area contributed by atoms with Gasteiger partial charge in [0.2, 0.25) is 0 Å². The smallest absolute Gasteiger partial charge is 0.0879 e.